The monoisotopic (exact) mass is 474 g/mol. The third-order valence-electron chi connectivity index (χ3n) is 7.40. The zero-order valence-electron chi connectivity index (χ0n) is 20.3. The first-order chi connectivity index (χ1) is 17.0. The van der Waals surface area contributed by atoms with Crippen molar-refractivity contribution in [3.63, 3.8) is 0 Å². The molecule has 0 aliphatic carbocycles. The van der Waals surface area contributed by atoms with E-state index >= 15 is 0 Å². The van der Waals surface area contributed by atoms with E-state index in [1.165, 1.54) is 5.56 Å². The van der Waals surface area contributed by atoms with Crippen molar-refractivity contribution in [2.75, 3.05) is 19.6 Å². The number of carbonyl (C=O) groups excluding carboxylic acids is 2. The number of hydrogen-bond acceptors (Lipinski definition) is 5. The van der Waals surface area contributed by atoms with E-state index in [4.69, 9.17) is 4.74 Å². The van der Waals surface area contributed by atoms with Gasteiger partial charge in [-0.15, -0.1) is 0 Å². The lowest BCUT2D eigenvalue weighted by atomic mass is 10.0. The van der Waals surface area contributed by atoms with E-state index in [1.54, 1.807) is 4.90 Å². The van der Waals surface area contributed by atoms with Crippen LogP contribution in [0.25, 0.3) is 0 Å². The molecule has 0 spiro atoms. The first kappa shape index (κ1) is 23.6. The number of fused-ring (bicyclic) bond motifs is 1. The number of nitrogens with one attached hydrogen (secondary N) is 2. The van der Waals surface area contributed by atoms with E-state index in [1.807, 2.05) is 24.3 Å². The Labute approximate surface area is 207 Å². The number of piperidine rings is 2. The molecular formula is C28H34N4O3. The quantitative estimate of drug-likeness (QED) is 0.645. The van der Waals surface area contributed by atoms with Gasteiger partial charge in [-0.3, -0.25) is 14.5 Å². The third kappa shape index (κ3) is 5.11. The van der Waals surface area contributed by atoms with Crippen molar-refractivity contribution in [3.05, 3.63) is 77.5 Å². The van der Waals surface area contributed by atoms with Gasteiger partial charge in [0.2, 0.25) is 5.91 Å². The summed E-state index contributed by atoms with van der Waals surface area (Å²) >= 11 is 0. The number of likely N-dealkylation sites (N-methyl/N-ethyl adjacent to an activating group) is 1. The number of benzene rings is 2. The molecule has 3 atom stereocenters. The van der Waals surface area contributed by atoms with Gasteiger partial charge in [0.1, 0.15) is 17.9 Å². The van der Waals surface area contributed by atoms with E-state index < -0.39 is 6.04 Å². The Morgan fingerprint density at radius 3 is 2.74 bits per heavy atom. The molecule has 5 rings (SSSR count). The largest absolute Gasteiger partial charge is 0.487 e. The van der Waals surface area contributed by atoms with Gasteiger partial charge in [-0.25, -0.2) is 0 Å². The van der Waals surface area contributed by atoms with Crippen molar-refractivity contribution in [1.29, 1.82) is 0 Å². The van der Waals surface area contributed by atoms with Gasteiger partial charge in [-0.05, 0) is 61.7 Å². The van der Waals surface area contributed by atoms with Crippen LogP contribution in [0.2, 0.25) is 0 Å². The Hall–Kier alpha value is -3.16. The Bertz CT molecular complexity index is 1100. The lowest BCUT2D eigenvalue weighted by Crippen LogP contribution is -2.54. The number of rotatable bonds is 7. The van der Waals surface area contributed by atoms with Crippen LogP contribution in [-0.4, -0.2) is 59.4 Å². The number of likely N-dealkylation sites (tertiary alicyclic amines) is 1. The van der Waals surface area contributed by atoms with E-state index in [2.05, 4.69) is 53.3 Å². The van der Waals surface area contributed by atoms with Crippen LogP contribution < -0.4 is 15.4 Å². The van der Waals surface area contributed by atoms with E-state index in [0.717, 1.165) is 49.6 Å². The number of ether oxygens (including phenoxy) is 1. The molecule has 3 aliphatic rings. The molecule has 2 aromatic carbocycles. The fourth-order valence-electron chi connectivity index (χ4n) is 5.34. The molecular weight excluding hydrogens is 440 g/mol. The van der Waals surface area contributed by atoms with Gasteiger partial charge in [0.05, 0.1) is 0 Å². The lowest BCUT2D eigenvalue weighted by Gasteiger charge is -2.38. The molecule has 3 unspecified atom stereocenters. The maximum atomic E-state index is 13.0. The molecule has 0 aromatic heterocycles. The Morgan fingerprint density at radius 1 is 1.14 bits per heavy atom. The van der Waals surface area contributed by atoms with E-state index in [9.17, 15) is 9.59 Å². The molecule has 2 aromatic rings. The zero-order valence-corrected chi connectivity index (χ0v) is 20.3. The Morgan fingerprint density at radius 2 is 1.97 bits per heavy atom. The standard InChI is InChI=1S/C28H34N4O3/c1-3-31-14-13-24(29-16-20-7-5-4-6-8-20)26(18-31)35-22-10-11-23-21(15-22)17-32(28(23)34)25-12-9-19(2)30-27(25)33/h4-8,10-11,15,24-26,29H,2-3,9,12-14,16-18H2,1H3,(H,30,33). The first-order valence-corrected chi connectivity index (χ1v) is 12.6. The molecule has 0 radical (unpaired) electrons. The van der Waals surface area contributed by atoms with Gasteiger partial charge >= 0.3 is 0 Å². The summed E-state index contributed by atoms with van der Waals surface area (Å²) in [5.41, 5.74) is 3.56. The van der Waals surface area contributed by atoms with Crippen molar-refractivity contribution >= 4 is 11.8 Å². The van der Waals surface area contributed by atoms with Crippen molar-refractivity contribution in [2.45, 2.75) is 57.5 Å². The molecule has 2 saturated heterocycles. The molecule has 3 aliphatic heterocycles. The fourth-order valence-corrected chi connectivity index (χ4v) is 5.34. The molecule has 184 valence electrons. The second kappa shape index (κ2) is 10.2. The molecule has 7 heteroatoms. The number of hydrogen-bond donors (Lipinski definition) is 2. The van der Waals surface area contributed by atoms with Crippen LogP contribution in [0.15, 0.2) is 60.8 Å². The fraction of sp³-hybridized carbons (Fsp3) is 0.429. The summed E-state index contributed by atoms with van der Waals surface area (Å²) in [4.78, 5) is 29.6. The average molecular weight is 475 g/mol. The van der Waals surface area contributed by atoms with Gasteiger partial charge in [0.15, 0.2) is 0 Å². The Balaban J connectivity index is 1.28. The van der Waals surface area contributed by atoms with Gasteiger partial charge in [0.25, 0.3) is 5.91 Å². The number of carbonyl (C=O) groups is 2. The minimum absolute atomic E-state index is 0.00815. The second-order valence-electron chi connectivity index (χ2n) is 9.71. The summed E-state index contributed by atoms with van der Waals surface area (Å²) < 4.78 is 6.54. The normalized spacial score (nSPS) is 24.9. The predicted molar refractivity (Wildman–Crippen MR) is 135 cm³/mol. The number of nitrogens with zero attached hydrogens (tertiary/aromatic N) is 2. The topological polar surface area (TPSA) is 73.9 Å². The molecule has 2 N–H and O–H groups in total. The molecule has 3 heterocycles. The predicted octanol–water partition coefficient (Wildman–Crippen LogP) is 3.07. The summed E-state index contributed by atoms with van der Waals surface area (Å²) in [7, 11) is 0. The average Bonchev–Trinajstić information content (AvgIpc) is 3.19. The zero-order chi connectivity index (χ0) is 24.4. The SMILES string of the molecule is C=C1CCC(N2Cc3cc(OC4CN(CC)CCC4NCc4ccccc4)ccc3C2=O)C(=O)N1. The van der Waals surface area contributed by atoms with E-state index in [-0.39, 0.29) is 24.0 Å². The third-order valence-corrected chi connectivity index (χ3v) is 7.40. The molecule has 2 amide bonds. The van der Waals surface area contributed by atoms with E-state index in [0.29, 0.717) is 24.9 Å². The van der Waals surface area contributed by atoms with Crippen LogP contribution >= 0.6 is 0 Å². The van der Waals surface area contributed by atoms with Crippen LogP contribution in [0.4, 0.5) is 0 Å². The van der Waals surface area contributed by atoms with Crippen LogP contribution in [0.5, 0.6) is 5.75 Å². The van der Waals surface area contributed by atoms with Gasteiger partial charge in [-0.2, -0.15) is 0 Å². The van der Waals surface area contributed by atoms with Crippen LogP contribution in [0, 0.1) is 0 Å². The van der Waals surface area contributed by atoms with Crippen molar-refractivity contribution in [1.82, 2.24) is 20.4 Å². The van der Waals surface area contributed by atoms with Gasteiger partial charge in [0, 0.05) is 36.9 Å². The highest BCUT2D eigenvalue weighted by Gasteiger charge is 2.38. The minimum Gasteiger partial charge on any atom is -0.487 e. The summed E-state index contributed by atoms with van der Waals surface area (Å²) in [6, 6.07) is 15.9. The van der Waals surface area contributed by atoms with Crippen molar-refractivity contribution in [3.8, 4) is 5.75 Å². The van der Waals surface area contributed by atoms with Crippen molar-refractivity contribution in [2.24, 2.45) is 0 Å². The van der Waals surface area contributed by atoms with Gasteiger partial charge in [-0.1, -0.05) is 43.8 Å². The molecule has 0 bridgehead atoms. The smallest absolute Gasteiger partial charge is 0.255 e. The summed E-state index contributed by atoms with van der Waals surface area (Å²) in [6.45, 7) is 10.2. The van der Waals surface area contributed by atoms with Gasteiger partial charge < -0.3 is 20.3 Å². The lowest BCUT2D eigenvalue weighted by molar-refractivity contribution is -0.126. The molecule has 2 fully saturated rings. The molecule has 0 saturated carbocycles. The summed E-state index contributed by atoms with van der Waals surface area (Å²) in [6.07, 6.45) is 2.33. The minimum atomic E-state index is -0.451. The maximum Gasteiger partial charge on any atom is 0.255 e. The number of allylic oxidation sites excluding steroid dienone is 1. The summed E-state index contributed by atoms with van der Waals surface area (Å²) in [5.74, 6) is 0.541. The maximum absolute atomic E-state index is 13.0. The van der Waals surface area contributed by atoms with Crippen molar-refractivity contribution < 1.29 is 14.3 Å². The first-order valence-electron chi connectivity index (χ1n) is 12.6. The van der Waals surface area contributed by atoms with Crippen LogP contribution in [-0.2, 0) is 17.9 Å². The number of amides is 2. The Kier molecular flexibility index (Phi) is 6.88. The molecule has 35 heavy (non-hydrogen) atoms. The highest BCUT2D eigenvalue weighted by Crippen LogP contribution is 2.31. The second-order valence-corrected chi connectivity index (χ2v) is 9.71. The molecule has 7 nitrogen and oxygen atoms in total. The van der Waals surface area contributed by atoms with Crippen LogP contribution in [0.1, 0.15) is 47.7 Å². The highest BCUT2D eigenvalue weighted by molar-refractivity contribution is 6.01. The van der Waals surface area contributed by atoms with Crippen LogP contribution in [0.3, 0.4) is 0 Å². The highest BCUT2D eigenvalue weighted by atomic mass is 16.5. The summed E-state index contributed by atoms with van der Waals surface area (Å²) in [5, 5.41) is 6.50.